The zero-order chi connectivity index (χ0) is 12.1. The van der Waals surface area contributed by atoms with Gasteiger partial charge < -0.3 is 5.32 Å². The van der Waals surface area contributed by atoms with Gasteiger partial charge in [0.25, 0.3) is 0 Å². The molecule has 0 saturated carbocycles. The summed E-state index contributed by atoms with van der Waals surface area (Å²) in [4.78, 5) is 4.26. The number of unbranched alkanes of at least 4 members (excludes halogenated alkanes) is 1. The summed E-state index contributed by atoms with van der Waals surface area (Å²) < 4.78 is 0. The van der Waals surface area contributed by atoms with Gasteiger partial charge in [0, 0.05) is 24.0 Å². The van der Waals surface area contributed by atoms with Crippen LogP contribution >= 0.6 is 11.3 Å². The lowest BCUT2D eigenvalue weighted by molar-refractivity contribution is 0.831. The van der Waals surface area contributed by atoms with Crippen LogP contribution in [0.1, 0.15) is 25.5 Å². The Morgan fingerprint density at radius 2 is 2.24 bits per heavy atom. The first-order valence-electron chi connectivity index (χ1n) is 5.80. The van der Waals surface area contributed by atoms with E-state index in [1.807, 2.05) is 19.1 Å². The zero-order valence-electron chi connectivity index (χ0n) is 10.1. The Morgan fingerprint density at radius 1 is 1.35 bits per heavy atom. The van der Waals surface area contributed by atoms with Crippen LogP contribution in [0.4, 0.5) is 5.13 Å². The van der Waals surface area contributed by atoms with E-state index >= 15 is 0 Å². The molecule has 0 saturated heterocycles. The van der Waals surface area contributed by atoms with E-state index in [-0.39, 0.29) is 0 Å². The Balaban J connectivity index is 2.10. The standard InChI is InChI=1S/C12H16N4S/c1-3-4-7-14-12-16-15-11(17-12)10-6-5-8-13-9(10)2/h5-6,8H,3-4,7H2,1-2H3,(H,14,16). The lowest BCUT2D eigenvalue weighted by Gasteiger charge is -1.99. The van der Waals surface area contributed by atoms with Crippen molar-refractivity contribution >= 4 is 16.5 Å². The normalized spacial score (nSPS) is 10.5. The summed E-state index contributed by atoms with van der Waals surface area (Å²) >= 11 is 1.58. The van der Waals surface area contributed by atoms with Gasteiger partial charge >= 0.3 is 0 Å². The van der Waals surface area contributed by atoms with E-state index in [2.05, 4.69) is 27.4 Å². The number of aromatic nitrogens is 3. The summed E-state index contributed by atoms with van der Waals surface area (Å²) in [6.07, 6.45) is 4.13. The minimum Gasteiger partial charge on any atom is -0.360 e. The van der Waals surface area contributed by atoms with Crippen molar-refractivity contribution in [1.82, 2.24) is 15.2 Å². The van der Waals surface area contributed by atoms with E-state index in [4.69, 9.17) is 0 Å². The Hall–Kier alpha value is -1.49. The number of pyridine rings is 1. The van der Waals surface area contributed by atoms with Gasteiger partial charge in [-0.15, -0.1) is 10.2 Å². The average Bonchev–Trinajstić information content (AvgIpc) is 2.79. The number of anilines is 1. The highest BCUT2D eigenvalue weighted by atomic mass is 32.1. The molecule has 0 aromatic carbocycles. The third-order valence-corrected chi connectivity index (χ3v) is 3.38. The van der Waals surface area contributed by atoms with Gasteiger partial charge in [-0.2, -0.15) is 0 Å². The minimum absolute atomic E-state index is 0.886. The Kier molecular flexibility index (Phi) is 4.03. The topological polar surface area (TPSA) is 50.7 Å². The Bertz CT molecular complexity index is 481. The second-order valence-electron chi connectivity index (χ2n) is 3.83. The fraction of sp³-hybridized carbons (Fsp3) is 0.417. The van der Waals surface area contributed by atoms with E-state index in [9.17, 15) is 0 Å². The van der Waals surface area contributed by atoms with Crippen LogP contribution in [-0.4, -0.2) is 21.7 Å². The van der Waals surface area contributed by atoms with Gasteiger partial charge in [0.05, 0.1) is 0 Å². The molecule has 2 heterocycles. The Labute approximate surface area is 105 Å². The Morgan fingerprint density at radius 3 is 3.00 bits per heavy atom. The van der Waals surface area contributed by atoms with Crippen LogP contribution in [0.5, 0.6) is 0 Å². The molecule has 2 rings (SSSR count). The number of nitrogens with zero attached hydrogens (tertiary/aromatic N) is 3. The van der Waals surface area contributed by atoms with Crippen LogP contribution in [0.15, 0.2) is 18.3 Å². The maximum absolute atomic E-state index is 4.26. The summed E-state index contributed by atoms with van der Waals surface area (Å²) in [6.45, 7) is 5.12. The van der Waals surface area contributed by atoms with E-state index in [1.54, 1.807) is 17.5 Å². The van der Waals surface area contributed by atoms with Crippen molar-refractivity contribution in [2.24, 2.45) is 0 Å². The molecule has 0 radical (unpaired) electrons. The summed E-state index contributed by atoms with van der Waals surface area (Å²) in [5.41, 5.74) is 2.05. The highest BCUT2D eigenvalue weighted by Gasteiger charge is 2.08. The fourth-order valence-electron chi connectivity index (χ4n) is 1.49. The van der Waals surface area contributed by atoms with Gasteiger partial charge in [0.15, 0.2) is 5.01 Å². The van der Waals surface area contributed by atoms with Crippen LogP contribution < -0.4 is 5.32 Å². The van der Waals surface area contributed by atoms with Crippen LogP contribution in [0.2, 0.25) is 0 Å². The number of hydrogen-bond acceptors (Lipinski definition) is 5. The van der Waals surface area contributed by atoms with Crippen molar-refractivity contribution in [1.29, 1.82) is 0 Å². The number of aryl methyl sites for hydroxylation is 1. The molecule has 0 fully saturated rings. The van der Waals surface area contributed by atoms with Crippen molar-refractivity contribution in [2.75, 3.05) is 11.9 Å². The van der Waals surface area contributed by atoms with Crippen molar-refractivity contribution in [3.63, 3.8) is 0 Å². The number of rotatable bonds is 5. The first-order chi connectivity index (χ1) is 8.31. The summed E-state index contributed by atoms with van der Waals surface area (Å²) in [6, 6.07) is 3.95. The molecule has 5 heteroatoms. The molecule has 17 heavy (non-hydrogen) atoms. The van der Waals surface area contributed by atoms with Gasteiger partial charge in [0.1, 0.15) is 0 Å². The van der Waals surface area contributed by atoms with Crippen LogP contribution in [0.3, 0.4) is 0 Å². The molecular formula is C12H16N4S. The van der Waals surface area contributed by atoms with Crippen LogP contribution in [0, 0.1) is 6.92 Å². The monoisotopic (exact) mass is 248 g/mol. The molecule has 2 aromatic heterocycles. The molecule has 0 aliphatic rings. The quantitative estimate of drug-likeness (QED) is 0.826. The molecule has 90 valence electrons. The molecule has 4 nitrogen and oxygen atoms in total. The van der Waals surface area contributed by atoms with Crippen molar-refractivity contribution < 1.29 is 0 Å². The summed E-state index contributed by atoms with van der Waals surface area (Å²) in [7, 11) is 0. The number of hydrogen-bond donors (Lipinski definition) is 1. The molecular weight excluding hydrogens is 232 g/mol. The van der Waals surface area contributed by atoms with Crippen molar-refractivity contribution in [3.05, 3.63) is 24.0 Å². The average molecular weight is 248 g/mol. The van der Waals surface area contributed by atoms with Gasteiger partial charge in [-0.25, -0.2) is 0 Å². The molecule has 0 amide bonds. The first kappa shape index (κ1) is 12.0. The largest absolute Gasteiger partial charge is 0.360 e. The van der Waals surface area contributed by atoms with Gasteiger partial charge in [-0.05, 0) is 25.5 Å². The lowest BCUT2D eigenvalue weighted by atomic mass is 10.2. The molecule has 0 atom stereocenters. The van der Waals surface area contributed by atoms with E-state index < -0.39 is 0 Å². The molecule has 1 N–H and O–H groups in total. The molecule has 0 aliphatic carbocycles. The molecule has 0 bridgehead atoms. The molecule has 2 aromatic rings. The zero-order valence-corrected chi connectivity index (χ0v) is 10.9. The molecule has 0 unspecified atom stereocenters. The van der Waals surface area contributed by atoms with Crippen LogP contribution in [0.25, 0.3) is 10.6 Å². The minimum atomic E-state index is 0.886. The molecule has 0 aliphatic heterocycles. The molecule has 0 spiro atoms. The SMILES string of the molecule is CCCCNc1nnc(-c2cccnc2C)s1. The second-order valence-corrected chi connectivity index (χ2v) is 4.81. The predicted molar refractivity (Wildman–Crippen MR) is 71.3 cm³/mol. The first-order valence-corrected chi connectivity index (χ1v) is 6.62. The van der Waals surface area contributed by atoms with E-state index in [0.717, 1.165) is 34.4 Å². The maximum atomic E-state index is 4.26. The fourth-order valence-corrected chi connectivity index (χ4v) is 2.33. The lowest BCUT2D eigenvalue weighted by Crippen LogP contribution is -1.99. The van der Waals surface area contributed by atoms with E-state index in [0.29, 0.717) is 0 Å². The third-order valence-electron chi connectivity index (χ3n) is 2.47. The van der Waals surface area contributed by atoms with E-state index in [1.165, 1.54) is 6.42 Å². The second kappa shape index (κ2) is 5.72. The number of nitrogens with one attached hydrogen (secondary N) is 1. The maximum Gasteiger partial charge on any atom is 0.206 e. The highest BCUT2D eigenvalue weighted by molar-refractivity contribution is 7.18. The summed E-state index contributed by atoms with van der Waals surface area (Å²) in [5.74, 6) is 0. The van der Waals surface area contributed by atoms with Gasteiger partial charge in [-0.3, -0.25) is 4.98 Å². The van der Waals surface area contributed by atoms with Crippen LogP contribution in [-0.2, 0) is 0 Å². The van der Waals surface area contributed by atoms with Crippen molar-refractivity contribution in [3.8, 4) is 10.6 Å². The van der Waals surface area contributed by atoms with Gasteiger partial charge in [-0.1, -0.05) is 24.7 Å². The smallest absolute Gasteiger partial charge is 0.206 e. The van der Waals surface area contributed by atoms with Gasteiger partial charge in [0.2, 0.25) is 5.13 Å². The highest BCUT2D eigenvalue weighted by Crippen LogP contribution is 2.27. The van der Waals surface area contributed by atoms with Crippen molar-refractivity contribution in [2.45, 2.75) is 26.7 Å². The summed E-state index contributed by atoms with van der Waals surface area (Å²) in [5, 5.41) is 13.4. The predicted octanol–water partition coefficient (Wildman–Crippen LogP) is 3.12. The third kappa shape index (κ3) is 3.00.